The Bertz CT molecular complexity index is 636. The lowest BCUT2D eigenvalue weighted by molar-refractivity contribution is -0.149. The first kappa shape index (κ1) is 13.7. The summed E-state index contributed by atoms with van der Waals surface area (Å²) in [6.45, 7) is 4.83. The lowest BCUT2D eigenvalue weighted by Crippen LogP contribution is -2.41. The third-order valence-corrected chi connectivity index (χ3v) is 3.79. The molecule has 2 atom stereocenters. The summed E-state index contributed by atoms with van der Waals surface area (Å²) in [6.07, 6.45) is 1.98. The topological polar surface area (TPSA) is 56.2 Å². The van der Waals surface area contributed by atoms with Crippen LogP contribution < -0.4 is 5.32 Å². The van der Waals surface area contributed by atoms with Crippen molar-refractivity contribution in [1.29, 1.82) is 0 Å². The molecule has 0 spiro atoms. The fraction of sp³-hybridized carbons (Fsp3) is 0.375. The van der Waals surface area contributed by atoms with Crippen molar-refractivity contribution in [2.75, 3.05) is 11.9 Å². The van der Waals surface area contributed by atoms with Gasteiger partial charge in [0.1, 0.15) is 0 Å². The molecule has 2 aromatic rings. The number of benzene rings is 1. The second-order valence-electron chi connectivity index (χ2n) is 5.26. The number of anilines is 1. The molecule has 1 aliphatic rings. The lowest BCUT2D eigenvalue weighted by atomic mass is 10.00. The molecule has 0 bridgehead atoms. The first-order valence-electron chi connectivity index (χ1n) is 7.24. The van der Waals surface area contributed by atoms with Crippen LogP contribution in [-0.4, -0.2) is 28.2 Å². The van der Waals surface area contributed by atoms with Crippen molar-refractivity contribution in [2.45, 2.75) is 26.4 Å². The number of hydrogen-bond acceptors (Lipinski definition) is 4. The minimum Gasteiger partial charge on any atom is -0.466 e. The number of ether oxygens (including phenoxy) is 1. The molecular weight excluding hydrogens is 266 g/mol. The Morgan fingerprint density at radius 2 is 2.19 bits per heavy atom. The van der Waals surface area contributed by atoms with E-state index in [9.17, 15) is 4.79 Å². The first-order valence-corrected chi connectivity index (χ1v) is 7.24. The van der Waals surface area contributed by atoms with Gasteiger partial charge in [0, 0.05) is 24.3 Å². The quantitative estimate of drug-likeness (QED) is 0.881. The summed E-state index contributed by atoms with van der Waals surface area (Å²) in [5.74, 6) is 0.468. The summed E-state index contributed by atoms with van der Waals surface area (Å²) in [7, 11) is 0. The molecule has 5 nitrogen and oxygen atoms in total. The van der Waals surface area contributed by atoms with Crippen LogP contribution in [0.4, 0.5) is 5.95 Å². The van der Waals surface area contributed by atoms with Crippen molar-refractivity contribution in [3.05, 3.63) is 36.5 Å². The van der Waals surface area contributed by atoms with Gasteiger partial charge in [0.25, 0.3) is 0 Å². The molecule has 1 aliphatic heterocycles. The van der Waals surface area contributed by atoms with Crippen LogP contribution in [0.1, 0.15) is 13.8 Å². The molecular formula is C16H19N3O2. The molecule has 0 aliphatic carbocycles. The van der Waals surface area contributed by atoms with Gasteiger partial charge < -0.3 is 14.6 Å². The molecule has 21 heavy (non-hydrogen) atoms. The Kier molecular flexibility index (Phi) is 3.64. The molecule has 5 heteroatoms. The number of hydrogen-bond donors (Lipinski definition) is 1. The average Bonchev–Trinajstić information content (AvgIpc) is 2.90. The highest BCUT2D eigenvalue weighted by Crippen LogP contribution is 2.27. The van der Waals surface area contributed by atoms with E-state index in [4.69, 9.17) is 4.74 Å². The van der Waals surface area contributed by atoms with Crippen molar-refractivity contribution in [2.24, 2.45) is 5.92 Å². The normalized spacial score (nSPS) is 20.5. The Labute approximate surface area is 124 Å². The van der Waals surface area contributed by atoms with Crippen LogP contribution in [0, 0.1) is 5.92 Å². The summed E-state index contributed by atoms with van der Waals surface area (Å²) in [6, 6.07) is 10.0. The number of nitrogens with one attached hydrogen (secondary N) is 1. The third kappa shape index (κ3) is 2.63. The fourth-order valence-electron chi connectivity index (χ4n) is 2.62. The Hall–Kier alpha value is -2.30. The summed E-state index contributed by atoms with van der Waals surface area (Å²) in [4.78, 5) is 16.6. The van der Waals surface area contributed by atoms with E-state index < -0.39 is 0 Å². The van der Waals surface area contributed by atoms with Gasteiger partial charge in [-0.15, -0.1) is 0 Å². The van der Waals surface area contributed by atoms with Gasteiger partial charge in [0.15, 0.2) is 0 Å². The summed E-state index contributed by atoms with van der Waals surface area (Å²) >= 11 is 0. The molecule has 0 fully saturated rings. The highest BCUT2D eigenvalue weighted by atomic mass is 16.5. The molecule has 0 amide bonds. The van der Waals surface area contributed by atoms with Crippen LogP contribution in [0.25, 0.3) is 11.3 Å². The molecule has 1 aromatic carbocycles. The van der Waals surface area contributed by atoms with Crippen LogP contribution in [0.2, 0.25) is 0 Å². The van der Waals surface area contributed by atoms with E-state index in [2.05, 4.69) is 10.3 Å². The summed E-state index contributed by atoms with van der Waals surface area (Å²) < 4.78 is 7.14. The zero-order valence-corrected chi connectivity index (χ0v) is 12.2. The number of carbonyl (C=O) groups is 1. The second kappa shape index (κ2) is 5.60. The van der Waals surface area contributed by atoms with Crippen LogP contribution in [0.5, 0.6) is 0 Å². The van der Waals surface area contributed by atoms with Gasteiger partial charge in [-0.3, -0.25) is 4.79 Å². The molecule has 0 radical (unpaired) electrons. The zero-order chi connectivity index (χ0) is 14.8. The molecule has 3 rings (SSSR count). The first-order chi connectivity index (χ1) is 10.2. The molecule has 0 saturated carbocycles. The molecule has 0 saturated heterocycles. The minimum absolute atomic E-state index is 0.0163. The predicted molar refractivity (Wildman–Crippen MR) is 80.9 cm³/mol. The van der Waals surface area contributed by atoms with E-state index in [1.54, 1.807) is 0 Å². The number of nitrogens with zero attached hydrogens (tertiary/aromatic N) is 2. The molecule has 110 valence electrons. The van der Waals surface area contributed by atoms with Gasteiger partial charge >= 0.3 is 5.97 Å². The monoisotopic (exact) mass is 285 g/mol. The number of rotatable bonds is 3. The average molecular weight is 285 g/mol. The van der Waals surface area contributed by atoms with Gasteiger partial charge in [0.2, 0.25) is 5.95 Å². The van der Waals surface area contributed by atoms with Crippen LogP contribution in [0.3, 0.4) is 0 Å². The summed E-state index contributed by atoms with van der Waals surface area (Å²) in [5, 5.41) is 3.29. The number of fused-ring (bicyclic) bond motifs is 1. The largest absolute Gasteiger partial charge is 0.466 e. The maximum atomic E-state index is 12.0. The van der Waals surface area contributed by atoms with Crippen LogP contribution >= 0.6 is 0 Å². The van der Waals surface area contributed by atoms with Gasteiger partial charge in [-0.1, -0.05) is 30.3 Å². The van der Waals surface area contributed by atoms with E-state index in [-0.39, 0.29) is 17.9 Å². The Morgan fingerprint density at radius 1 is 1.43 bits per heavy atom. The van der Waals surface area contributed by atoms with Crippen LogP contribution in [0.15, 0.2) is 36.5 Å². The number of aromatic nitrogens is 2. The Morgan fingerprint density at radius 3 is 2.90 bits per heavy atom. The molecule has 2 unspecified atom stereocenters. The van der Waals surface area contributed by atoms with Crippen molar-refractivity contribution in [3.63, 3.8) is 0 Å². The predicted octanol–water partition coefficient (Wildman–Crippen LogP) is 2.54. The van der Waals surface area contributed by atoms with E-state index in [1.165, 1.54) is 0 Å². The number of imidazole rings is 1. The smallest absolute Gasteiger partial charge is 0.312 e. The maximum Gasteiger partial charge on any atom is 0.312 e. The van der Waals surface area contributed by atoms with Crippen LogP contribution in [-0.2, 0) is 16.1 Å². The number of esters is 1. The summed E-state index contributed by atoms with van der Waals surface area (Å²) in [5.41, 5.74) is 1.98. The van der Waals surface area contributed by atoms with Crippen molar-refractivity contribution in [1.82, 2.24) is 9.55 Å². The second-order valence-corrected chi connectivity index (χ2v) is 5.26. The SMILES string of the molecule is CCOC(=O)C1Cn2cc(-c3ccccc3)nc2NC1C. The highest BCUT2D eigenvalue weighted by molar-refractivity contribution is 5.74. The zero-order valence-electron chi connectivity index (χ0n) is 12.2. The van der Waals surface area contributed by atoms with Gasteiger partial charge in [-0.2, -0.15) is 0 Å². The van der Waals surface area contributed by atoms with E-state index in [0.29, 0.717) is 13.2 Å². The van der Waals surface area contributed by atoms with Gasteiger partial charge in [-0.25, -0.2) is 4.98 Å². The lowest BCUT2D eigenvalue weighted by Gasteiger charge is -2.29. The molecule has 1 N–H and O–H groups in total. The maximum absolute atomic E-state index is 12.0. The van der Waals surface area contributed by atoms with Crippen molar-refractivity contribution in [3.8, 4) is 11.3 Å². The standard InChI is InChI=1S/C16H19N3O2/c1-3-21-15(20)13-9-19-10-14(12-7-5-4-6-8-12)18-16(19)17-11(13)2/h4-8,10-11,13H,3,9H2,1-2H3,(H,17,18). The number of carbonyl (C=O) groups excluding carboxylic acids is 1. The van der Waals surface area contributed by atoms with Crippen molar-refractivity contribution >= 4 is 11.9 Å². The Balaban J connectivity index is 1.86. The fourth-order valence-corrected chi connectivity index (χ4v) is 2.62. The minimum atomic E-state index is -0.185. The van der Waals surface area contributed by atoms with Crippen molar-refractivity contribution < 1.29 is 9.53 Å². The van der Waals surface area contributed by atoms with Gasteiger partial charge in [0.05, 0.1) is 18.2 Å². The van der Waals surface area contributed by atoms with Gasteiger partial charge in [-0.05, 0) is 13.8 Å². The van der Waals surface area contributed by atoms with E-state index in [0.717, 1.165) is 17.2 Å². The molecule has 1 aromatic heterocycles. The molecule has 2 heterocycles. The highest BCUT2D eigenvalue weighted by Gasteiger charge is 2.32. The van der Waals surface area contributed by atoms with E-state index >= 15 is 0 Å². The van der Waals surface area contributed by atoms with E-state index in [1.807, 2.05) is 54.9 Å². The third-order valence-electron chi connectivity index (χ3n) is 3.79.